The Morgan fingerprint density at radius 3 is 2.53 bits per heavy atom. The fraction of sp³-hybridized carbons (Fsp3) is 0.647. The van der Waals surface area contributed by atoms with Crippen LogP contribution in [0, 0.1) is 0 Å². The van der Waals surface area contributed by atoms with Crippen molar-refractivity contribution in [1.82, 2.24) is 5.32 Å². The summed E-state index contributed by atoms with van der Waals surface area (Å²) in [7, 11) is 0. The average Bonchev–Trinajstić information content (AvgIpc) is 2.87. The van der Waals surface area contributed by atoms with Crippen LogP contribution in [-0.4, -0.2) is 17.0 Å². The topological polar surface area (TPSA) is 12.0 Å². The van der Waals surface area contributed by atoms with Gasteiger partial charge in [0.2, 0.25) is 0 Å². The number of hydrogen-bond donors (Lipinski definition) is 1. The van der Waals surface area contributed by atoms with Gasteiger partial charge in [0.25, 0.3) is 0 Å². The molecule has 0 saturated carbocycles. The van der Waals surface area contributed by atoms with Gasteiger partial charge in [0.15, 0.2) is 0 Å². The normalized spacial score (nSPS) is 24.6. The molecule has 0 spiro atoms. The van der Waals surface area contributed by atoms with Crippen molar-refractivity contribution in [2.75, 3.05) is 12.3 Å². The molecule has 1 saturated heterocycles. The third kappa shape index (κ3) is 3.55. The maximum Gasteiger partial charge on any atom is 0.0466 e. The first-order chi connectivity index (χ1) is 9.19. The van der Waals surface area contributed by atoms with Crippen molar-refractivity contribution in [3.63, 3.8) is 0 Å². The second kappa shape index (κ2) is 6.81. The smallest absolute Gasteiger partial charge is 0.0466 e. The quantitative estimate of drug-likeness (QED) is 0.817. The van der Waals surface area contributed by atoms with E-state index in [0.29, 0.717) is 10.8 Å². The lowest BCUT2D eigenvalue weighted by atomic mass is 9.89. The highest BCUT2D eigenvalue weighted by Crippen LogP contribution is 2.46. The molecule has 1 aliphatic heterocycles. The predicted molar refractivity (Wildman–Crippen MR) is 87.0 cm³/mol. The van der Waals surface area contributed by atoms with Crippen molar-refractivity contribution in [2.45, 2.75) is 57.2 Å². The van der Waals surface area contributed by atoms with Gasteiger partial charge in [0, 0.05) is 10.8 Å². The summed E-state index contributed by atoms with van der Waals surface area (Å²) in [6, 6.07) is 9.73. The lowest BCUT2D eigenvalue weighted by Crippen LogP contribution is -2.38. The highest BCUT2D eigenvalue weighted by Gasteiger charge is 2.38. The maximum atomic E-state index is 3.78. The van der Waals surface area contributed by atoms with E-state index in [1.54, 1.807) is 0 Å². The Morgan fingerprint density at radius 2 is 2.00 bits per heavy atom. The van der Waals surface area contributed by atoms with Gasteiger partial charge < -0.3 is 5.32 Å². The molecule has 2 unspecified atom stereocenters. The number of nitrogens with one attached hydrogen (secondary N) is 1. The minimum Gasteiger partial charge on any atom is -0.309 e. The number of rotatable bonds is 6. The Labute approximate surface area is 122 Å². The van der Waals surface area contributed by atoms with Crippen LogP contribution in [0.5, 0.6) is 0 Å². The van der Waals surface area contributed by atoms with E-state index in [1.807, 2.05) is 0 Å². The minimum absolute atomic E-state index is 0.364. The van der Waals surface area contributed by atoms with Gasteiger partial charge in [0.1, 0.15) is 0 Å². The zero-order valence-electron chi connectivity index (χ0n) is 12.5. The number of aryl methyl sites for hydroxylation is 1. The van der Waals surface area contributed by atoms with Crippen LogP contribution in [0.2, 0.25) is 0 Å². The van der Waals surface area contributed by atoms with Gasteiger partial charge in [-0.3, -0.25) is 0 Å². The van der Waals surface area contributed by atoms with Gasteiger partial charge in [0.05, 0.1) is 0 Å². The van der Waals surface area contributed by atoms with Crippen LogP contribution in [0.25, 0.3) is 0 Å². The molecule has 0 aliphatic carbocycles. The molecule has 0 aromatic heterocycles. The lowest BCUT2D eigenvalue weighted by molar-refractivity contribution is 0.413. The number of thioether (sulfide) groups is 1. The molecule has 1 aromatic rings. The Balaban J connectivity index is 2.20. The van der Waals surface area contributed by atoms with Crippen LogP contribution >= 0.6 is 11.8 Å². The summed E-state index contributed by atoms with van der Waals surface area (Å²) in [5, 5.41) is 3.78. The molecule has 1 aliphatic rings. The third-order valence-electron chi connectivity index (χ3n) is 4.18. The van der Waals surface area contributed by atoms with Crippen molar-refractivity contribution in [2.24, 2.45) is 0 Å². The van der Waals surface area contributed by atoms with E-state index in [9.17, 15) is 0 Å². The van der Waals surface area contributed by atoms with E-state index < -0.39 is 0 Å². The summed E-state index contributed by atoms with van der Waals surface area (Å²) in [5.74, 6) is 1.31. The van der Waals surface area contributed by atoms with Crippen molar-refractivity contribution in [1.29, 1.82) is 0 Å². The molecule has 1 heterocycles. The molecule has 1 fully saturated rings. The maximum absolute atomic E-state index is 3.78. The van der Waals surface area contributed by atoms with Crippen LogP contribution in [-0.2, 0) is 6.42 Å². The molecule has 2 heteroatoms. The highest BCUT2D eigenvalue weighted by molar-refractivity contribution is 8.00. The predicted octanol–water partition coefficient (Wildman–Crippen LogP) is 4.58. The van der Waals surface area contributed by atoms with Gasteiger partial charge in [-0.2, -0.15) is 11.8 Å². The molecule has 19 heavy (non-hydrogen) atoms. The number of benzene rings is 1. The van der Waals surface area contributed by atoms with Gasteiger partial charge in [-0.15, -0.1) is 0 Å². The first-order valence-electron chi connectivity index (χ1n) is 7.66. The van der Waals surface area contributed by atoms with Gasteiger partial charge in [-0.1, -0.05) is 38.1 Å². The van der Waals surface area contributed by atoms with Crippen molar-refractivity contribution < 1.29 is 0 Å². The van der Waals surface area contributed by atoms with Gasteiger partial charge in [-0.05, 0) is 56.0 Å². The molecular formula is C17H27NS. The van der Waals surface area contributed by atoms with E-state index in [1.165, 1.54) is 36.1 Å². The summed E-state index contributed by atoms with van der Waals surface area (Å²) in [4.78, 5) is 0. The molecule has 106 valence electrons. The Morgan fingerprint density at radius 1 is 1.26 bits per heavy atom. The van der Waals surface area contributed by atoms with Gasteiger partial charge in [-0.25, -0.2) is 0 Å². The van der Waals surface area contributed by atoms with Crippen molar-refractivity contribution in [3.05, 3.63) is 35.4 Å². The molecule has 1 nitrogen and oxygen atoms in total. The van der Waals surface area contributed by atoms with Crippen LogP contribution in [0.15, 0.2) is 24.3 Å². The Kier molecular flexibility index (Phi) is 5.35. The lowest BCUT2D eigenvalue weighted by Gasteiger charge is -2.34. The second-order valence-corrected chi connectivity index (χ2v) is 7.38. The van der Waals surface area contributed by atoms with E-state index in [2.05, 4.69) is 62.1 Å². The monoisotopic (exact) mass is 277 g/mol. The first kappa shape index (κ1) is 14.9. The van der Waals surface area contributed by atoms with E-state index in [0.717, 1.165) is 13.0 Å². The fourth-order valence-electron chi connectivity index (χ4n) is 2.95. The molecule has 1 aromatic carbocycles. The van der Waals surface area contributed by atoms with E-state index in [-0.39, 0.29) is 0 Å². The zero-order valence-corrected chi connectivity index (χ0v) is 13.4. The minimum atomic E-state index is 0.364. The summed E-state index contributed by atoms with van der Waals surface area (Å²) in [5.41, 5.74) is 2.89. The molecule has 2 rings (SSSR count). The third-order valence-corrected chi connectivity index (χ3v) is 5.77. The number of hydrogen-bond acceptors (Lipinski definition) is 2. The molecule has 0 amide bonds. The van der Waals surface area contributed by atoms with Crippen LogP contribution in [0.3, 0.4) is 0 Å². The summed E-state index contributed by atoms with van der Waals surface area (Å²) in [6.45, 7) is 8.01. The Bertz CT molecular complexity index is 379. The van der Waals surface area contributed by atoms with E-state index in [4.69, 9.17) is 0 Å². The highest BCUT2D eigenvalue weighted by atomic mass is 32.2. The SMILES string of the molecule is CCCNC(c1ccc(CC)cc1)C1(C)CCCS1. The molecule has 1 N–H and O–H groups in total. The first-order valence-corrected chi connectivity index (χ1v) is 8.64. The largest absolute Gasteiger partial charge is 0.309 e. The molecule has 2 atom stereocenters. The second-order valence-electron chi connectivity index (χ2n) is 5.75. The molecular weight excluding hydrogens is 250 g/mol. The summed E-state index contributed by atoms with van der Waals surface area (Å²) < 4.78 is 0.364. The fourth-order valence-corrected chi connectivity index (χ4v) is 4.38. The van der Waals surface area contributed by atoms with Crippen LogP contribution in [0.1, 0.15) is 57.2 Å². The average molecular weight is 277 g/mol. The Hall–Kier alpha value is -0.470. The zero-order chi connectivity index (χ0) is 13.7. The van der Waals surface area contributed by atoms with Crippen molar-refractivity contribution in [3.8, 4) is 0 Å². The van der Waals surface area contributed by atoms with Crippen LogP contribution < -0.4 is 5.32 Å². The van der Waals surface area contributed by atoms with Gasteiger partial charge >= 0.3 is 0 Å². The van der Waals surface area contributed by atoms with Crippen molar-refractivity contribution >= 4 is 11.8 Å². The molecule has 0 radical (unpaired) electrons. The molecule has 0 bridgehead atoms. The summed E-state index contributed by atoms with van der Waals surface area (Å²) >= 11 is 2.15. The summed E-state index contributed by atoms with van der Waals surface area (Å²) in [6.07, 6.45) is 5.01. The van der Waals surface area contributed by atoms with E-state index >= 15 is 0 Å². The van der Waals surface area contributed by atoms with Crippen LogP contribution in [0.4, 0.5) is 0 Å². The standard InChI is InChI=1S/C17H27NS/c1-4-12-18-16(17(3)11-6-13-19-17)15-9-7-14(5-2)8-10-15/h7-10,16,18H,4-6,11-13H2,1-3H3.